The van der Waals surface area contributed by atoms with Crippen LogP contribution in [0.5, 0.6) is 0 Å². The Balaban J connectivity index is 3.44. The van der Waals surface area contributed by atoms with Crippen LogP contribution < -0.4 is 27.4 Å². The predicted octanol–water partition coefficient (Wildman–Crippen LogP) is -0.138. The lowest BCUT2D eigenvalue weighted by molar-refractivity contribution is -0.128. The van der Waals surface area contributed by atoms with Gasteiger partial charge in [-0.1, -0.05) is 0 Å². The monoisotopic (exact) mass is 358 g/mol. The van der Waals surface area contributed by atoms with Crippen molar-refractivity contribution in [2.24, 2.45) is 11.5 Å². The second kappa shape index (κ2) is 19.6. The van der Waals surface area contributed by atoms with Gasteiger partial charge in [0, 0.05) is 20.0 Å². The number of amides is 1. The normalized spacial score (nSPS) is 11.0. The lowest BCUT2D eigenvalue weighted by atomic mass is 10.3. The Labute approximate surface area is 154 Å². The molecule has 0 aliphatic carbocycles. The summed E-state index contributed by atoms with van der Waals surface area (Å²) in [4.78, 5) is 13.6. The zero-order chi connectivity index (χ0) is 18.6. The lowest BCUT2D eigenvalue weighted by Gasteiger charge is -2.21. The van der Waals surface area contributed by atoms with Gasteiger partial charge in [-0.05, 0) is 90.9 Å². The molecule has 0 aliphatic heterocycles. The van der Waals surface area contributed by atoms with Crippen LogP contribution in [0.3, 0.4) is 0 Å². The number of nitrogens with zero attached hydrogens (tertiary/aromatic N) is 1. The van der Waals surface area contributed by atoms with Gasteiger partial charge in [-0.3, -0.25) is 4.79 Å². The van der Waals surface area contributed by atoms with E-state index in [2.05, 4.69) is 16.0 Å². The third-order valence-electron chi connectivity index (χ3n) is 4.08. The van der Waals surface area contributed by atoms with Gasteiger partial charge >= 0.3 is 0 Å². The first-order chi connectivity index (χ1) is 12.2. The quantitative estimate of drug-likeness (QED) is 0.206. The first-order valence-electron chi connectivity index (χ1n) is 10.00. The van der Waals surface area contributed by atoms with Crippen molar-refractivity contribution in [3.05, 3.63) is 0 Å². The number of carbonyl (C=O) groups is 1. The average Bonchev–Trinajstić information content (AvgIpc) is 2.60. The summed E-state index contributed by atoms with van der Waals surface area (Å²) in [6, 6.07) is 0. The molecule has 0 aromatic carbocycles. The molecule has 0 spiro atoms. The van der Waals surface area contributed by atoms with E-state index in [1.165, 1.54) is 12.8 Å². The fourth-order valence-electron chi connectivity index (χ4n) is 2.55. The lowest BCUT2D eigenvalue weighted by Crippen LogP contribution is -2.34. The molecular weight excluding hydrogens is 316 g/mol. The Morgan fingerprint density at radius 3 is 1.40 bits per heavy atom. The third-order valence-corrected chi connectivity index (χ3v) is 4.08. The van der Waals surface area contributed by atoms with Crippen LogP contribution in [-0.4, -0.2) is 76.3 Å². The number of hydrogen-bond acceptors (Lipinski definition) is 6. The van der Waals surface area contributed by atoms with Crippen molar-refractivity contribution in [2.75, 3.05) is 65.4 Å². The average molecular weight is 359 g/mol. The third kappa shape index (κ3) is 17.9. The molecule has 0 radical (unpaired) electrons. The van der Waals surface area contributed by atoms with Crippen molar-refractivity contribution in [2.45, 2.75) is 45.4 Å². The topological polar surface area (TPSA) is 108 Å². The minimum atomic E-state index is 0.172. The fourth-order valence-corrected chi connectivity index (χ4v) is 2.55. The van der Waals surface area contributed by atoms with Gasteiger partial charge in [0.2, 0.25) is 5.91 Å². The highest BCUT2D eigenvalue weighted by Crippen LogP contribution is 1.95. The number of hydrogen-bond donors (Lipinski definition) is 5. The summed E-state index contributed by atoms with van der Waals surface area (Å²) in [5, 5.41) is 10.2. The highest BCUT2D eigenvalue weighted by molar-refractivity contribution is 5.73. The summed E-state index contributed by atoms with van der Waals surface area (Å²) in [7, 11) is 0. The Kier molecular flexibility index (Phi) is 19.0. The molecule has 150 valence electrons. The molecule has 0 bridgehead atoms. The van der Waals surface area contributed by atoms with Crippen LogP contribution in [0.4, 0.5) is 0 Å². The molecule has 0 aliphatic rings. The molecule has 0 aromatic rings. The maximum atomic E-state index is 11.7. The van der Waals surface area contributed by atoms with E-state index in [1.54, 1.807) is 6.92 Å². The van der Waals surface area contributed by atoms with Crippen molar-refractivity contribution < 1.29 is 4.79 Å². The first-order valence-corrected chi connectivity index (χ1v) is 10.00. The first kappa shape index (κ1) is 24.3. The molecular formula is C18H42N6O. The molecule has 7 nitrogen and oxygen atoms in total. The summed E-state index contributed by atoms with van der Waals surface area (Å²) < 4.78 is 0. The molecule has 0 heterocycles. The Hall–Kier alpha value is -0.730. The van der Waals surface area contributed by atoms with Gasteiger partial charge in [0.05, 0.1) is 0 Å². The van der Waals surface area contributed by atoms with Crippen molar-refractivity contribution in [1.29, 1.82) is 0 Å². The van der Waals surface area contributed by atoms with Crippen molar-refractivity contribution >= 4 is 5.91 Å². The molecule has 7 N–H and O–H groups in total. The van der Waals surface area contributed by atoms with Crippen LogP contribution in [0.25, 0.3) is 0 Å². The van der Waals surface area contributed by atoms with Crippen LogP contribution in [0.1, 0.15) is 45.4 Å². The van der Waals surface area contributed by atoms with Crippen molar-refractivity contribution in [1.82, 2.24) is 20.9 Å². The van der Waals surface area contributed by atoms with E-state index < -0.39 is 0 Å². The van der Waals surface area contributed by atoms with E-state index in [9.17, 15) is 4.79 Å². The molecule has 7 heteroatoms. The molecule has 0 saturated heterocycles. The van der Waals surface area contributed by atoms with Crippen LogP contribution in [0.2, 0.25) is 0 Å². The summed E-state index contributed by atoms with van der Waals surface area (Å²) in [6.45, 7) is 10.8. The van der Waals surface area contributed by atoms with Gasteiger partial charge in [0.15, 0.2) is 0 Å². The van der Waals surface area contributed by atoms with Gasteiger partial charge in [0.1, 0.15) is 0 Å². The summed E-state index contributed by atoms with van der Waals surface area (Å²) in [5.41, 5.74) is 10.9. The molecule has 0 rings (SSSR count). The molecule has 1 amide bonds. The van der Waals surface area contributed by atoms with Crippen LogP contribution in [0.15, 0.2) is 0 Å². The van der Waals surface area contributed by atoms with Gasteiger partial charge in [-0.2, -0.15) is 0 Å². The molecule has 0 fully saturated rings. The Morgan fingerprint density at radius 2 is 1.04 bits per heavy atom. The standard InChI is InChI=1S/C18H42N6O/c1-18(25)24(17-7-15-23-13-5-9-20)16-6-14-22-11-3-2-10-21-12-4-8-19/h21-23H,2-17,19-20H2,1H3. The van der Waals surface area contributed by atoms with E-state index in [0.29, 0.717) is 0 Å². The smallest absolute Gasteiger partial charge is 0.219 e. The van der Waals surface area contributed by atoms with Crippen LogP contribution in [-0.2, 0) is 4.79 Å². The highest BCUT2D eigenvalue weighted by atomic mass is 16.2. The minimum absolute atomic E-state index is 0.172. The van der Waals surface area contributed by atoms with E-state index in [-0.39, 0.29) is 5.91 Å². The predicted molar refractivity (Wildman–Crippen MR) is 107 cm³/mol. The summed E-state index contributed by atoms with van der Waals surface area (Å²) in [6.07, 6.45) is 6.43. The fraction of sp³-hybridized carbons (Fsp3) is 0.944. The van der Waals surface area contributed by atoms with Gasteiger partial charge in [-0.15, -0.1) is 0 Å². The number of nitrogens with one attached hydrogen (secondary N) is 3. The summed E-state index contributed by atoms with van der Waals surface area (Å²) in [5.74, 6) is 0.172. The van der Waals surface area contributed by atoms with E-state index in [1.807, 2.05) is 4.90 Å². The zero-order valence-electron chi connectivity index (χ0n) is 16.3. The van der Waals surface area contributed by atoms with Gasteiger partial charge < -0.3 is 32.3 Å². The van der Waals surface area contributed by atoms with E-state index in [0.717, 1.165) is 91.1 Å². The number of carbonyl (C=O) groups excluding carboxylic acids is 1. The number of nitrogens with two attached hydrogens (primary N) is 2. The Morgan fingerprint density at radius 1 is 0.680 bits per heavy atom. The second-order valence-electron chi connectivity index (χ2n) is 6.45. The molecule has 0 atom stereocenters. The molecule has 0 unspecified atom stereocenters. The van der Waals surface area contributed by atoms with Crippen molar-refractivity contribution in [3.8, 4) is 0 Å². The van der Waals surface area contributed by atoms with Crippen LogP contribution >= 0.6 is 0 Å². The van der Waals surface area contributed by atoms with E-state index >= 15 is 0 Å². The van der Waals surface area contributed by atoms with E-state index in [4.69, 9.17) is 11.5 Å². The molecule has 0 saturated carbocycles. The van der Waals surface area contributed by atoms with Crippen LogP contribution in [0, 0.1) is 0 Å². The number of unbranched alkanes of at least 4 members (excludes halogenated alkanes) is 1. The zero-order valence-corrected chi connectivity index (χ0v) is 16.3. The maximum Gasteiger partial charge on any atom is 0.219 e. The minimum Gasteiger partial charge on any atom is -0.343 e. The highest BCUT2D eigenvalue weighted by Gasteiger charge is 2.07. The summed E-state index contributed by atoms with van der Waals surface area (Å²) >= 11 is 0. The molecule has 0 aromatic heterocycles. The second-order valence-corrected chi connectivity index (χ2v) is 6.45. The Bertz CT molecular complexity index is 291. The van der Waals surface area contributed by atoms with Gasteiger partial charge in [-0.25, -0.2) is 0 Å². The van der Waals surface area contributed by atoms with Gasteiger partial charge in [0.25, 0.3) is 0 Å². The number of rotatable bonds is 19. The largest absolute Gasteiger partial charge is 0.343 e. The molecule has 25 heavy (non-hydrogen) atoms. The SMILES string of the molecule is CC(=O)N(CCCNCCCN)CCCNCCCCNCCCN. The maximum absolute atomic E-state index is 11.7. The van der Waals surface area contributed by atoms with Crippen molar-refractivity contribution in [3.63, 3.8) is 0 Å².